The second-order valence-corrected chi connectivity index (χ2v) is 5.12. The van der Waals surface area contributed by atoms with E-state index in [1.54, 1.807) is 18.3 Å². The van der Waals surface area contributed by atoms with E-state index >= 15 is 0 Å². The molecule has 0 aliphatic rings. The maximum absolute atomic E-state index is 12.1. The summed E-state index contributed by atoms with van der Waals surface area (Å²) in [5.74, 6) is 0.157. The number of nitrogens with zero attached hydrogens (tertiary/aromatic N) is 2. The molecule has 1 N–H and O–H groups in total. The lowest BCUT2D eigenvalue weighted by Crippen LogP contribution is -2.13. The van der Waals surface area contributed by atoms with Gasteiger partial charge in [0.25, 0.3) is 5.91 Å². The number of carbonyl (C=O) groups is 1. The molecule has 0 saturated carbocycles. The number of nitrogens with one attached hydrogen (secondary N) is 1. The van der Waals surface area contributed by atoms with Gasteiger partial charge in [-0.3, -0.25) is 9.78 Å². The van der Waals surface area contributed by atoms with Gasteiger partial charge in [-0.25, -0.2) is 0 Å². The Morgan fingerprint density at radius 3 is 2.76 bits per heavy atom. The monoisotopic (exact) mass is 279 g/mol. The molecule has 0 radical (unpaired) electrons. The standard InChI is InChI=1S/C17H17N3O/c1-12(2)14-4-3-5-15(10-14)20-17(21)16-7-6-13(8-9-18)11-19-16/h3-7,10-12H,8H2,1-2H3,(H,20,21). The number of benzene rings is 1. The third kappa shape index (κ3) is 3.90. The summed E-state index contributed by atoms with van der Waals surface area (Å²) < 4.78 is 0. The summed E-state index contributed by atoms with van der Waals surface area (Å²) in [5.41, 5.74) is 3.07. The fourth-order valence-corrected chi connectivity index (χ4v) is 1.93. The van der Waals surface area contributed by atoms with Crippen LogP contribution >= 0.6 is 0 Å². The Morgan fingerprint density at radius 2 is 2.14 bits per heavy atom. The molecule has 1 aromatic heterocycles. The van der Waals surface area contributed by atoms with Gasteiger partial charge in [-0.1, -0.05) is 32.0 Å². The Bertz CT molecular complexity index is 669. The van der Waals surface area contributed by atoms with Crippen molar-refractivity contribution in [2.45, 2.75) is 26.2 Å². The Kier molecular flexibility index (Phi) is 4.68. The molecule has 0 saturated heterocycles. The van der Waals surface area contributed by atoms with E-state index in [2.05, 4.69) is 24.1 Å². The fraction of sp³-hybridized carbons (Fsp3) is 0.235. The van der Waals surface area contributed by atoms with Crippen LogP contribution in [0.1, 0.15) is 41.4 Å². The highest BCUT2D eigenvalue weighted by Crippen LogP contribution is 2.18. The Morgan fingerprint density at radius 1 is 1.33 bits per heavy atom. The molecule has 2 aromatic rings. The van der Waals surface area contributed by atoms with Crippen molar-refractivity contribution in [2.75, 3.05) is 5.32 Å². The van der Waals surface area contributed by atoms with Gasteiger partial charge in [0, 0.05) is 11.9 Å². The van der Waals surface area contributed by atoms with Crippen LogP contribution in [0, 0.1) is 11.3 Å². The van der Waals surface area contributed by atoms with Crippen LogP contribution in [-0.4, -0.2) is 10.9 Å². The van der Waals surface area contributed by atoms with E-state index in [0.29, 0.717) is 18.0 Å². The topological polar surface area (TPSA) is 65.8 Å². The van der Waals surface area contributed by atoms with E-state index in [-0.39, 0.29) is 5.91 Å². The summed E-state index contributed by atoms with van der Waals surface area (Å²) in [6.07, 6.45) is 1.86. The molecular formula is C17H17N3O. The molecule has 0 aliphatic heterocycles. The van der Waals surface area contributed by atoms with Crippen LogP contribution in [0.2, 0.25) is 0 Å². The van der Waals surface area contributed by atoms with Crippen LogP contribution in [0.4, 0.5) is 5.69 Å². The van der Waals surface area contributed by atoms with Crippen molar-refractivity contribution in [3.8, 4) is 6.07 Å². The number of aromatic nitrogens is 1. The zero-order valence-electron chi connectivity index (χ0n) is 12.1. The number of pyridine rings is 1. The van der Waals surface area contributed by atoms with Gasteiger partial charge in [-0.2, -0.15) is 5.26 Å². The summed E-state index contributed by atoms with van der Waals surface area (Å²) >= 11 is 0. The molecular weight excluding hydrogens is 262 g/mol. The minimum atomic E-state index is -0.251. The normalized spacial score (nSPS) is 10.2. The number of carbonyl (C=O) groups excluding carboxylic acids is 1. The van der Waals surface area contributed by atoms with E-state index < -0.39 is 0 Å². The predicted octanol–water partition coefficient (Wildman–Crippen LogP) is 3.52. The first-order valence-corrected chi connectivity index (χ1v) is 6.83. The van der Waals surface area contributed by atoms with Gasteiger partial charge in [0.1, 0.15) is 5.69 Å². The van der Waals surface area contributed by atoms with Gasteiger partial charge >= 0.3 is 0 Å². The third-order valence-corrected chi connectivity index (χ3v) is 3.15. The smallest absolute Gasteiger partial charge is 0.274 e. The number of amides is 1. The highest BCUT2D eigenvalue weighted by Gasteiger charge is 2.08. The molecule has 1 aromatic carbocycles. The minimum Gasteiger partial charge on any atom is -0.321 e. The summed E-state index contributed by atoms with van der Waals surface area (Å²) in [7, 11) is 0. The Hall–Kier alpha value is -2.67. The number of nitriles is 1. The van der Waals surface area contributed by atoms with Crippen LogP contribution in [0.3, 0.4) is 0 Å². The molecule has 1 amide bonds. The van der Waals surface area contributed by atoms with Crippen molar-refractivity contribution < 1.29 is 4.79 Å². The summed E-state index contributed by atoms with van der Waals surface area (Å²) in [4.78, 5) is 16.2. The lowest BCUT2D eigenvalue weighted by atomic mass is 10.0. The lowest BCUT2D eigenvalue weighted by molar-refractivity contribution is 0.102. The number of anilines is 1. The molecule has 106 valence electrons. The molecule has 21 heavy (non-hydrogen) atoms. The molecule has 0 bridgehead atoms. The molecule has 1 heterocycles. The molecule has 0 spiro atoms. The van der Waals surface area contributed by atoms with Crippen molar-refractivity contribution >= 4 is 11.6 Å². The number of rotatable bonds is 4. The molecule has 0 unspecified atom stereocenters. The van der Waals surface area contributed by atoms with E-state index in [4.69, 9.17) is 5.26 Å². The van der Waals surface area contributed by atoms with Crippen molar-refractivity contribution in [1.29, 1.82) is 5.26 Å². The molecule has 0 atom stereocenters. The Labute approximate surface area is 124 Å². The number of hydrogen-bond donors (Lipinski definition) is 1. The first kappa shape index (κ1) is 14.7. The van der Waals surface area contributed by atoms with Crippen LogP contribution in [0.5, 0.6) is 0 Å². The highest BCUT2D eigenvalue weighted by molar-refractivity contribution is 6.02. The average molecular weight is 279 g/mol. The van der Waals surface area contributed by atoms with E-state index in [9.17, 15) is 4.79 Å². The van der Waals surface area contributed by atoms with Gasteiger partial charge in [-0.05, 0) is 35.2 Å². The second-order valence-electron chi connectivity index (χ2n) is 5.12. The number of hydrogen-bond acceptors (Lipinski definition) is 3. The minimum absolute atomic E-state index is 0.251. The van der Waals surface area contributed by atoms with Gasteiger partial charge in [-0.15, -0.1) is 0 Å². The van der Waals surface area contributed by atoms with E-state index in [1.165, 1.54) is 5.56 Å². The van der Waals surface area contributed by atoms with Crippen LogP contribution in [-0.2, 0) is 6.42 Å². The summed E-state index contributed by atoms with van der Waals surface area (Å²) in [6, 6.07) is 13.2. The zero-order valence-corrected chi connectivity index (χ0v) is 12.1. The van der Waals surface area contributed by atoms with Crippen molar-refractivity contribution in [3.63, 3.8) is 0 Å². The van der Waals surface area contributed by atoms with Crippen molar-refractivity contribution in [3.05, 3.63) is 59.4 Å². The molecule has 0 aliphatic carbocycles. The van der Waals surface area contributed by atoms with Gasteiger partial charge < -0.3 is 5.32 Å². The largest absolute Gasteiger partial charge is 0.321 e. The van der Waals surface area contributed by atoms with Crippen LogP contribution in [0.25, 0.3) is 0 Å². The first-order valence-electron chi connectivity index (χ1n) is 6.83. The molecule has 4 nitrogen and oxygen atoms in total. The quantitative estimate of drug-likeness (QED) is 0.931. The fourth-order valence-electron chi connectivity index (χ4n) is 1.93. The third-order valence-electron chi connectivity index (χ3n) is 3.15. The lowest BCUT2D eigenvalue weighted by Gasteiger charge is -2.09. The van der Waals surface area contributed by atoms with E-state index in [1.807, 2.05) is 30.3 Å². The van der Waals surface area contributed by atoms with Gasteiger partial charge in [0.05, 0.1) is 12.5 Å². The summed E-state index contributed by atoms with van der Waals surface area (Å²) in [5, 5.41) is 11.4. The predicted molar refractivity (Wildman–Crippen MR) is 82.0 cm³/mol. The van der Waals surface area contributed by atoms with Gasteiger partial charge in [0.15, 0.2) is 0 Å². The first-order chi connectivity index (χ1) is 10.1. The molecule has 2 rings (SSSR count). The van der Waals surface area contributed by atoms with Crippen molar-refractivity contribution in [2.24, 2.45) is 0 Å². The molecule has 0 fully saturated rings. The van der Waals surface area contributed by atoms with E-state index in [0.717, 1.165) is 11.3 Å². The maximum Gasteiger partial charge on any atom is 0.274 e. The highest BCUT2D eigenvalue weighted by atomic mass is 16.1. The van der Waals surface area contributed by atoms with Gasteiger partial charge in [0.2, 0.25) is 0 Å². The SMILES string of the molecule is CC(C)c1cccc(NC(=O)c2ccc(CC#N)cn2)c1. The van der Waals surface area contributed by atoms with Crippen molar-refractivity contribution in [1.82, 2.24) is 4.98 Å². The summed E-state index contributed by atoms with van der Waals surface area (Å²) in [6.45, 7) is 4.22. The average Bonchev–Trinajstić information content (AvgIpc) is 2.48. The second kappa shape index (κ2) is 6.67. The van der Waals surface area contributed by atoms with Crippen LogP contribution < -0.4 is 5.32 Å². The molecule has 4 heteroatoms. The zero-order chi connectivity index (χ0) is 15.2. The van der Waals surface area contributed by atoms with Crippen LogP contribution in [0.15, 0.2) is 42.6 Å². The Balaban J connectivity index is 2.10. The maximum atomic E-state index is 12.1.